The number of fused-ring (bicyclic) bond motifs is 1. The van der Waals surface area contributed by atoms with Gasteiger partial charge < -0.3 is 0 Å². The SMILES string of the molecule is NNC(=O)c1ccc2cn[nH]c2c1. The molecule has 1 aromatic carbocycles. The lowest BCUT2D eigenvalue weighted by Crippen LogP contribution is -2.29. The van der Waals surface area contributed by atoms with Crippen molar-refractivity contribution in [1.82, 2.24) is 15.6 Å². The number of aromatic nitrogens is 2. The van der Waals surface area contributed by atoms with Gasteiger partial charge in [0.2, 0.25) is 0 Å². The number of benzene rings is 1. The third-order valence-corrected chi connectivity index (χ3v) is 1.84. The molecule has 13 heavy (non-hydrogen) atoms. The first-order valence-electron chi connectivity index (χ1n) is 3.75. The second-order valence-electron chi connectivity index (χ2n) is 2.65. The van der Waals surface area contributed by atoms with E-state index in [0.29, 0.717) is 5.56 Å². The number of nitrogen functional groups attached to an aromatic ring is 1. The fourth-order valence-corrected chi connectivity index (χ4v) is 1.16. The predicted octanol–water partition coefficient (Wildman–Crippen LogP) is 0.166. The number of nitrogens with one attached hydrogen (secondary N) is 2. The zero-order valence-corrected chi connectivity index (χ0v) is 6.74. The molecule has 5 nitrogen and oxygen atoms in total. The standard InChI is InChI=1S/C8H8N4O/c9-11-8(13)5-1-2-6-4-10-12-7(6)3-5/h1-4H,9H2,(H,10,12)(H,11,13). The molecule has 0 spiro atoms. The molecular formula is C8H8N4O. The van der Waals surface area contributed by atoms with E-state index < -0.39 is 0 Å². The molecule has 0 bridgehead atoms. The Balaban J connectivity index is 2.54. The number of hydrazine groups is 1. The van der Waals surface area contributed by atoms with E-state index in [1.807, 2.05) is 6.07 Å². The quantitative estimate of drug-likeness (QED) is 0.329. The van der Waals surface area contributed by atoms with Crippen molar-refractivity contribution in [2.45, 2.75) is 0 Å². The van der Waals surface area contributed by atoms with Gasteiger partial charge in [0.25, 0.3) is 5.91 Å². The van der Waals surface area contributed by atoms with Crippen molar-refractivity contribution in [1.29, 1.82) is 0 Å². The number of nitrogens with two attached hydrogens (primary N) is 1. The molecule has 0 atom stereocenters. The molecule has 2 aromatic rings. The van der Waals surface area contributed by atoms with Crippen molar-refractivity contribution in [2.75, 3.05) is 0 Å². The van der Waals surface area contributed by atoms with Crippen LogP contribution in [0.15, 0.2) is 24.4 Å². The van der Waals surface area contributed by atoms with Crippen molar-refractivity contribution >= 4 is 16.8 Å². The number of rotatable bonds is 1. The normalized spacial score (nSPS) is 10.2. The topological polar surface area (TPSA) is 83.8 Å². The Bertz CT molecular complexity index is 448. The van der Waals surface area contributed by atoms with Crippen LogP contribution in [-0.4, -0.2) is 16.1 Å². The molecule has 0 fully saturated rings. The first kappa shape index (κ1) is 7.75. The van der Waals surface area contributed by atoms with Crippen LogP contribution in [0.25, 0.3) is 10.9 Å². The summed E-state index contributed by atoms with van der Waals surface area (Å²) in [5.74, 6) is 4.69. The van der Waals surface area contributed by atoms with Crippen LogP contribution in [-0.2, 0) is 0 Å². The molecule has 1 heterocycles. The Hall–Kier alpha value is -1.88. The largest absolute Gasteiger partial charge is 0.290 e. The van der Waals surface area contributed by atoms with Crippen LogP contribution in [0.4, 0.5) is 0 Å². The Labute approximate surface area is 73.9 Å². The summed E-state index contributed by atoms with van der Waals surface area (Å²) >= 11 is 0. The Morgan fingerprint density at radius 2 is 2.38 bits per heavy atom. The smallest absolute Gasteiger partial charge is 0.265 e. The van der Waals surface area contributed by atoms with Gasteiger partial charge in [-0.3, -0.25) is 15.3 Å². The zero-order chi connectivity index (χ0) is 9.26. The minimum Gasteiger partial charge on any atom is -0.290 e. The maximum absolute atomic E-state index is 11.1. The maximum Gasteiger partial charge on any atom is 0.265 e. The highest BCUT2D eigenvalue weighted by Gasteiger charge is 2.04. The molecule has 5 heteroatoms. The van der Waals surface area contributed by atoms with Crippen molar-refractivity contribution in [3.8, 4) is 0 Å². The number of H-pyrrole nitrogens is 1. The number of aromatic amines is 1. The molecule has 0 saturated carbocycles. The fraction of sp³-hybridized carbons (Fsp3) is 0. The van der Waals surface area contributed by atoms with Crippen LogP contribution in [0.2, 0.25) is 0 Å². The minimum atomic E-state index is -0.309. The lowest BCUT2D eigenvalue weighted by atomic mass is 10.1. The molecule has 1 amide bonds. The van der Waals surface area contributed by atoms with Gasteiger partial charge in [0.15, 0.2) is 0 Å². The first-order chi connectivity index (χ1) is 6.31. The highest BCUT2D eigenvalue weighted by atomic mass is 16.2. The molecule has 0 aliphatic heterocycles. The van der Waals surface area contributed by atoms with Crippen molar-refractivity contribution in [3.63, 3.8) is 0 Å². The molecule has 1 aromatic heterocycles. The molecular weight excluding hydrogens is 168 g/mol. The lowest BCUT2D eigenvalue weighted by molar-refractivity contribution is 0.0954. The molecule has 4 N–H and O–H groups in total. The van der Waals surface area contributed by atoms with Crippen LogP contribution in [0.5, 0.6) is 0 Å². The molecule has 0 saturated heterocycles. The van der Waals surface area contributed by atoms with E-state index >= 15 is 0 Å². The van der Waals surface area contributed by atoms with E-state index in [2.05, 4.69) is 15.6 Å². The number of carbonyl (C=O) groups is 1. The molecule has 0 unspecified atom stereocenters. The number of hydrogen-bond acceptors (Lipinski definition) is 3. The average molecular weight is 176 g/mol. The molecule has 2 rings (SSSR count). The van der Waals surface area contributed by atoms with Crippen molar-refractivity contribution < 1.29 is 4.79 Å². The van der Waals surface area contributed by atoms with E-state index in [9.17, 15) is 4.79 Å². The highest BCUT2D eigenvalue weighted by Crippen LogP contribution is 2.12. The first-order valence-corrected chi connectivity index (χ1v) is 3.75. The van der Waals surface area contributed by atoms with Crippen LogP contribution in [0.3, 0.4) is 0 Å². The van der Waals surface area contributed by atoms with Crippen molar-refractivity contribution in [2.24, 2.45) is 5.84 Å². The Kier molecular flexibility index (Phi) is 1.71. The second kappa shape index (κ2) is 2.87. The summed E-state index contributed by atoms with van der Waals surface area (Å²) in [6.45, 7) is 0. The molecule has 66 valence electrons. The summed E-state index contributed by atoms with van der Waals surface area (Å²) in [4.78, 5) is 11.1. The molecule has 0 radical (unpaired) electrons. The lowest BCUT2D eigenvalue weighted by Gasteiger charge is -1.98. The zero-order valence-electron chi connectivity index (χ0n) is 6.74. The number of hydrogen-bond donors (Lipinski definition) is 3. The number of amides is 1. The van der Waals surface area contributed by atoms with Gasteiger partial charge in [-0.2, -0.15) is 5.10 Å². The van der Waals surface area contributed by atoms with Crippen LogP contribution < -0.4 is 11.3 Å². The fourth-order valence-electron chi connectivity index (χ4n) is 1.16. The second-order valence-corrected chi connectivity index (χ2v) is 2.65. The van der Waals surface area contributed by atoms with Crippen LogP contribution in [0.1, 0.15) is 10.4 Å². The van der Waals surface area contributed by atoms with Gasteiger partial charge in [-0.05, 0) is 12.1 Å². The van der Waals surface area contributed by atoms with Gasteiger partial charge in [0, 0.05) is 10.9 Å². The van der Waals surface area contributed by atoms with Crippen molar-refractivity contribution in [3.05, 3.63) is 30.0 Å². The third-order valence-electron chi connectivity index (χ3n) is 1.84. The van der Waals surface area contributed by atoms with Gasteiger partial charge in [-0.15, -0.1) is 0 Å². The minimum absolute atomic E-state index is 0.309. The predicted molar refractivity (Wildman–Crippen MR) is 47.7 cm³/mol. The van der Waals surface area contributed by atoms with Gasteiger partial charge in [-0.25, -0.2) is 5.84 Å². The number of nitrogens with zero attached hydrogens (tertiary/aromatic N) is 1. The van der Waals surface area contributed by atoms with Crippen LogP contribution >= 0.6 is 0 Å². The third kappa shape index (κ3) is 1.25. The maximum atomic E-state index is 11.1. The van der Waals surface area contributed by atoms with Gasteiger partial charge in [-0.1, -0.05) is 6.07 Å². The average Bonchev–Trinajstić information content (AvgIpc) is 2.63. The highest BCUT2D eigenvalue weighted by molar-refractivity contribution is 5.97. The van der Waals surface area contributed by atoms with Gasteiger partial charge >= 0.3 is 0 Å². The van der Waals surface area contributed by atoms with E-state index in [1.165, 1.54) is 0 Å². The van der Waals surface area contributed by atoms with E-state index in [4.69, 9.17) is 5.84 Å². The molecule has 0 aliphatic carbocycles. The van der Waals surface area contributed by atoms with Gasteiger partial charge in [0.05, 0.1) is 11.7 Å². The Morgan fingerprint density at radius 3 is 3.15 bits per heavy atom. The molecule has 0 aliphatic rings. The summed E-state index contributed by atoms with van der Waals surface area (Å²) in [5.41, 5.74) is 3.40. The van der Waals surface area contributed by atoms with E-state index in [1.54, 1.807) is 18.3 Å². The summed E-state index contributed by atoms with van der Waals surface area (Å²) in [6.07, 6.45) is 1.69. The monoisotopic (exact) mass is 176 g/mol. The summed E-state index contributed by atoms with van der Waals surface area (Å²) < 4.78 is 0. The van der Waals surface area contributed by atoms with Crippen LogP contribution in [0, 0.1) is 0 Å². The summed E-state index contributed by atoms with van der Waals surface area (Å²) in [7, 11) is 0. The Morgan fingerprint density at radius 1 is 1.54 bits per heavy atom. The van der Waals surface area contributed by atoms with E-state index in [-0.39, 0.29) is 5.91 Å². The van der Waals surface area contributed by atoms with E-state index in [0.717, 1.165) is 10.9 Å². The summed E-state index contributed by atoms with van der Waals surface area (Å²) in [5, 5.41) is 7.57. The summed E-state index contributed by atoms with van der Waals surface area (Å²) in [6, 6.07) is 5.20. The van der Waals surface area contributed by atoms with Gasteiger partial charge in [0.1, 0.15) is 0 Å². The number of carbonyl (C=O) groups excluding carboxylic acids is 1.